The van der Waals surface area contributed by atoms with Crippen LogP contribution in [0.2, 0.25) is 0 Å². The van der Waals surface area contributed by atoms with E-state index < -0.39 is 0 Å². The van der Waals surface area contributed by atoms with Crippen molar-refractivity contribution in [2.24, 2.45) is 12.5 Å². The Morgan fingerprint density at radius 3 is 2.75 bits per heavy atom. The van der Waals surface area contributed by atoms with Gasteiger partial charge in [-0.2, -0.15) is 10.4 Å². The van der Waals surface area contributed by atoms with Crippen molar-refractivity contribution in [3.63, 3.8) is 0 Å². The summed E-state index contributed by atoms with van der Waals surface area (Å²) in [7, 11) is 1.71. The summed E-state index contributed by atoms with van der Waals surface area (Å²) in [5.41, 5.74) is 0.302. The quantitative estimate of drug-likeness (QED) is 0.824. The van der Waals surface area contributed by atoms with Crippen LogP contribution >= 0.6 is 0 Å². The Kier molecular flexibility index (Phi) is 3.33. The third-order valence-corrected chi connectivity index (χ3v) is 1.90. The summed E-state index contributed by atoms with van der Waals surface area (Å²) >= 11 is 0. The van der Waals surface area contributed by atoms with Crippen molar-refractivity contribution < 1.29 is 4.79 Å². The van der Waals surface area contributed by atoms with Crippen LogP contribution in [0.4, 0.5) is 5.82 Å². The molecule has 0 saturated heterocycles. The molecule has 5 heteroatoms. The van der Waals surface area contributed by atoms with Gasteiger partial charge in [0.15, 0.2) is 5.82 Å². The zero-order chi connectivity index (χ0) is 12.3. The molecule has 5 nitrogen and oxygen atoms in total. The average molecular weight is 220 g/mol. The van der Waals surface area contributed by atoms with E-state index in [0.29, 0.717) is 17.8 Å². The van der Waals surface area contributed by atoms with E-state index in [9.17, 15) is 4.79 Å². The number of hydrogen-bond donors (Lipinski definition) is 1. The molecule has 1 heterocycles. The second kappa shape index (κ2) is 4.35. The van der Waals surface area contributed by atoms with Gasteiger partial charge in [0.25, 0.3) is 0 Å². The number of carbonyl (C=O) groups excluding carboxylic acids is 1. The standard InChI is InChI=1S/C11H16N4O/c1-11(2,3)5-9(16)13-10-8(6-12)7-15(4)14-10/h7H,5H2,1-4H3,(H,13,14,16). The van der Waals surface area contributed by atoms with Crippen LogP contribution in [0.25, 0.3) is 0 Å². The molecule has 0 bridgehead atoms. The van der Waals surface area contributed by atoms with E-state index in [2.05, 4.69) is 10.4 Å². The van der Waals surface area contributed by atoms with Gasteiger partial charge in [-0.05, 0) is 5.41 Å². The van der Waals surface area contributed by atoms with Gasteiger partial charge in [-0.1, -0.05) is 20.8 Å². The summed E-state index contributed by atoms with van der Waals surface area (Å²) in [5.74, 6) is 0.210. The van der Waals surface area contributed by atoms with Crippen LogP contribution in [0.15, 0.2) is 6.20 Å². The summed E-state index contributed by atoms with van der Waals surface area (Å²) in [5, 5.41) is 15.5. The number of nitrogens with one attached hydrogen (secondary N) is 1. The molecular weight excluding hydrogens is 204 g/mol. The highest BCUT2D eigenvalue weighted by Gasteiger charge is 2.18. The summed E-state index contributed by atoms with van der Waals surface area (Å²) in [6.45, 7) is 5.95. The Labute approximate surface area is 95.1 Å². The third-order valence-electron chi connectivity index (χ3n) is 1.90. The first-order chi connectivity index (χ1) is 7.31. The zero-order valence-corrected chi connectivity index (χ0v) is 10.0. The van der Waals surface area contributed by atoms with E-state index in [0.717, 1.165) is 0 Å². The lowest BCUT2D eigenvalue weighted by Crippen LogP contribution is -2.20. The lowest BCUT2D eigenvalue weighted by atomic mass is 9.92. The van der Waals surface area contributed by atoms with Crippen LogP contribution in [0.3, 0.4) is 0 Å². The first-order valence-electron chi connectivity index (χ1n) is 5.05. The van der Waals surface area contributed by atoms with Crippen molar-refractivity contribution in [3.05, 3.63) is 11.8 Å². The topological polar surface area (TPSA) is 70.7 Å². The van der Waals surface area contributed by atoms with Gasteiger partial charge < -0.3 is 5.32 Å². The fourth-order valence-corrected chi connectivity index (χ4v) is 1.32. The summed E-state index contributed by atoms with van der Waals surface area (Å²) < 4.78 is 1.51. The third kappa shape index (κ3) is 3.39. The van der Waals surface area contributed by atoms with Crippen molar-refractivity contribution in [3.8, 4) is 6.07 Å². The van der Waals surface area contributed by atoms with Crippen LogP contribution in [0.5, 0.6) is 0 Å². The highest BCUT2D eigenvalue weighted by atomic mass is 16.1. The van der Waals surface area contributed by atoms with E-state index in [1.807, 2.05) is 26.8 Å². The van der Waals surface area contributed by atoms with E-state index in [4.69, 9.17) is 5.26 Å². The van der Waals surface area contributed by atoms with Crippen molar-refractivity contribution in [1.82, 2.24) is 9.78 Å². The van der Waals surface area contributed by atoms with Crippen molar-refractivity contribution >= 4 is 11.7 Å². The van der Waals surface area contributed by atoms with Gasteiger partial charge >= 0.3 is 0 Å². The van der Waals surface area contributed by atoms with Gasteiger partial charge in [-0.15, -0.1) is 0 Å². The maximum Gasteiger partial charge on any atom is 0.226 e. The van der Waals surface area contributed by atoms with Gasteiger partial charge in [0, 0.05) is 19.7 Å². The summed E-state index contributed by atoms with van der Waals surface area (Å²) in [6, 6.07) is 1.99. The second-order valence-electron chi connectivity index (χ2n) is 4.96. The van der Waals surface area contributed by atoms with E-state index in [1.54, 1.807) is 13.2 Å². The number of rotatable bonds is 2. The summed E-state index contributed by atoms with van der Waals surface area (Å²) in [6.07, 6.45) is 1.97. The predicted molar refractivity (Wildman–Crippen MR) is 60.6 cm³/mol. The largest absolute Gasteiger partial charge is 0.308 e. The number of amides is 1. The zero-order valence-electron chi connectivity index (χ0n) is 10.0. The summed E-state index contributed by atoms with van der Waals surface area (Å²) in [4.78, 5) is 11.6. The number of anilines is 1. The molecule has 1 aromatic heterocycles. The lowest BCUT2D eigenvalue weighted by molar-refractivity contribution is -0.117. The molecule has 86 valence electrons. The molecule has 0 unspecified atom stereocenters. The Balaban J connectivity index is 2.74. The van der Waals surface area contributed by atoms with Crippen molar-refractivity contribution in [1.29, 1.82) is 5.26 Å². The van der Waals surface area contributed by atoms with E-state index >= 15 is 0 Å². The van der Waals surface area contributed by atoms with Gasteiger partial charge in [-0.25, -0.2) is 0 Å². The highest BCUT2D eigenvalue weighted by Crippen LogP contribution is 2.20. The number of hydrogen-bond acceptors (Lipinski definition) is 3. The van der Waals surface area contributed by atoms with Crippen LogP contribution in [0.1, 0.15) is 32.8 Å². The molecule has 1 amide bonds. The molecule has 1 aromatic rings. The van der Waals surface area contributed by atoms with Crippen molar-refractivity contribution in [2.75, 3.05) is 5.32 Å². The van der Waals surface area contributed by atoms with E-state index in [-0.39, 0.29) is 11.3 Å². The average Bonchev–Trinajstić information content (AvgIpc) is 2.42. The molecule has 0 aromatic carbocycles. The molecular formula is C11H16N4O. The first kappa shape index (κ1) is 12.2. The number of carbonyl (C=O) groups is 1. The predicted octanol–water partition coefficient (Wildman–Crippen LogP) is 1.67. The Morgan fingerprint density at radius 1 is 1.62 bits per heavy atom. The maximum atomic E-state index is 11.6. The first-order valence-corrected chi connectivity index (χ1v) is 5.05. The van der Waals surface area contributed by atoms with Gasteiger partial charge in [0.2, 0.25) is 5.91 Å². The second-order valence-corrected chi connectivity index (χ2v) is 4.96. The van der Waals surface area contributed by atoms with Crippen LogP contribution in [-0.2, 0) is 11.8 Å². The SMILES string of the molecule is Cn1cc(C#N)c(NC(=O)CC(C)(C)C)n1. The molecule has 0 fully saturated rings. The van der Waals surface area contributed by atoms with E-state index in [1.165, 1.54) is 4.68 Å². The minimum atomic E-state index is -0.122. The molecule has 0 spiro atoms. The maximum absolute atomic E-state index is 11.6. The molecule has 0 atom stereocenters. The fourth-order valence-electron chi connectivity index (χ4n) is 1.32. The van der Waals surface area contributed by atoms with Crippen LogP contribution in [0, 0.1) is 16.7 Å². The monoisotopic (exact) mass is 220 g/mol. The minimum Gasteiger partial charge on any atom is -0.308 e. The highest BCUT2D eigenvalue weighted by molar-refractivity contribution is 5.91. The minimum absolute atomic E-state index is 0.0777. The fraction of sp³-hybridized carbons (Fsp3) is 0.545. The molecule has 1 N–H and O–H groups in total. The normalized spacial score (nSPS) is 10.9. The molecule has 0 aliphatic rings. The van der Waals surface area contributed by atoms with Gasteiger partial charge in [-0.3, -0.25) is 9.48 Å². The van der Waals surface area contributed by atoms with Gasteiger partial charge in [0.1, 0.15) is 11.6 Å². The molecule has 0 aliphatic heterocycles. The number of aromatic nitrogens is 2. The molecule has 0 saturated carbocycles. The lowest BCUT2D eigenvalue weighted by Gasteiger charge is -2.16. The molecule has 16 heavy (non-hydrogen) atoms. The van der Waals surface area contributed by atoms with Crippen LogP contribution in [-0.4, -0.2) is 15.7 Å². The van der Waals surface area contributed by atoms with Crippen molar-refractivity contribution in [2.45, 2.75) is 27.2 Å². The Morgan fingerprint density at radius 2 is 2.25 bits per heavy atom. The number of aryl methyl sites for hydroxylation is 1. The Hall–Kier alpha value is -1.83. The van der Waals surface area contributed by atoms with Crippen LogP contribution < -0.4 is 5.32 Å². The molecule has 0 radical (unpaired) electrons. The number of nitrogens with zero attached hydrogens (tertiary/aromatic N) is 3. The smallest absolute Gasteiger partial charge is 0.226 e. The molecule has 1 rings (SSSR count). The molecule has 0 aliphatic carbocycles. The number of nitriles is 1. The Bertz CT molecular complexity index is 434. The van der Waals surface area contributed by atoms with Gasteiger partial charge in [0.05, 0.1) is 0 Å².